The van der Waals surface area contributed by atoms with E-state index in [4.69, 9.17) is 5.73 Å². The lowest BCUT2D eigenvalue weighted by Crippen LogP contribution is -2.38. The van der Waals surface area contributed by atoms with E-state index in [1.165, 1.54) is 0 Å². The summed E-state index contributed by atoms with van der Waals surface area (Å²) in [5.74, 6) is 0.747. The van der Waals surface area contributed by atoms with E-state index in [0.717, 1.165) is 29.7 Å². The van der Waals surface area contributed by atoms with E-state index in [9.17, 15) is 0 Å². The number of nitrogens with two attached hydrogens (primary N) is 1. The van der Waals surface area contributed by atoms with E-state index in [1.807, 2.05) is 4.68 Å². The lowest BCUT2D eigenvalue weighted by Gasteiger charge is -2.35. The van der Waals surface area contributed by atoms with Gasteiger partial charge in [0.15, 0.2) is 0 Å². The molecule has 1 aromatic heterocycles. The van der Waals surface area contributed by atoms with Crippen molar-refractivity contribution in [2.75, 3.05) is 19.3 Å². The molecule has 1 aromatic rings. The van der Waals surface area contributed by atoms with Crippen molar-refractivity contribution in [3.05, 3.63) is 10.7 Å². The van der Waals surface area contributed by atoms with E-state index >= 15 is 0 Å². The van der Waals surface area contributed by atoms with Crippen molar-refractivity contribution in [3.8, 4) is 0 Å². The van der Waals surface area contributed by atoms with Gasteiger partial charge in [-0.2, -0.15) is 5.10 Å². The standard InChI is InChI=1S/C10H17BrN4/c1-7-5-8(3-4-14(7)2)15-10(12)9(11)6-13-15/h6-8H,3-5,12H2,1-2H3. The maximum atomic E-state index is 5.95. The van der Waals surface area contributed by atoms with Gasteiger partial charge < -0.3 is 10.6 Å². The largest absolute Gasteiger partial charge is 0.383 e. The first-order valence-electron chi connectivity index (χ1n) is 5.28. The van der Waals surface area contributed by atoms with Crippen molar-refractivity contribution in [1.29, 1.82) is 0 Å². The zero-order chi connectivity index (χ0) is 11.0. The monoisotopic (exact) mass is 272 g/mol. The van der Waals surface area contributed by atoms with Crippen LogP contribution in [0.2, 0.25) is 0 Å². The van der Waals surface area contributed by atoms with E-state index in [-0.39, 0.29) is 0 Å². The smallest absolute Gasteiger partial charge is 0.136 e. The first-order valence-corrected chi connectivity index (χ1v) is 6.07. The predicted octanol–water partition coefficient (Wildman–Crippen LogP) is 1.88. The number of halogens is 1. The normalized spacial score (nSPS) is 28.2. The van der Waals surface area contributed by atoms with Crippen molar-refractivity contribution < 1.29 is 0 Å². The first kappa shape index (κ1) is 11.0. The Balaban J connectivity index is 2.15. The number of likely N-dealkylation sites (tertiary alicyclic amines) is 1. The Morgan fingerprint density at radius 3 is 2.87 bits per heavy atom. The third-order valence-corrected chi connectivity index (χ3v) is 3.92. The Labute approximate surface area is 98.6 Å². The summed E-state index contributed by atoms with van der Waals surface area (Å²) in [5, 5.41) is 4.32. The molecule has 2 rings (SSSR count). The molecule has 4 nitrogen and oxygen atoms in total. The second-order valence-electron chi connectivity index (χ2n) is 4.33. The molecule has 0 bridgehead atoms. The quantitative estimate of drug-likeness (QED) is 0.850. The molecule has 2 atom stereocenters. The summed E-state index contributed by atoms with van der Waals surface area (Å²) in [6.45, 7) is 3.36. The minimum absolute atomic E-state index is 0.447. The lowest BCUT2D eigenvalue weighted by molar-refractivity contribution is 0.152. The predicted molar refractivity (Wildman–Crippen MR) is 64.7 cm³/mol. The average molecular weight is 273 g/mol. The van der Waals surface area contributed by atoms with Gasteiger partial charge in [0.1, 0.15) is 5.82 Å². The third kappa shape index (κ3) is 2.03. The number of hydrogen-bond donors (Lipinski definition) is 1. The molecule has 84 valence electrons. The zero-order valence-corrected chi connectivity index (χ0v) is 10.7. The average Bonchev–Trinajstić information content (AvgIpc) is 2.53. The summed E-state index contributed by atoms with van der Waals surface area (Å²) < 4.78 is 2.85. The number of rotatable bonds is 1. The summed E-state index contributed by atoms with van der Waals surface area (Å²) in [6, 6.07) is 1.05. The second-order valence-corrected chi connectivity index (χ2v) is 5.18. The molecule has 0 radical (unpaired) electrons. The van der Waals surface area contributed by atoms with Crippen LogP contribution in [0.25, 0.3) is 0 Å². The van der Waals surface area contributed by atoms with Gasteiger partial charge in [0, 0.05) is 12.6 Å². The molecule has 2 heterocycles. The minimum atomic E-state index is 0.447. The molecule has 1 fully saturated rings. The highest BCUT2D eigenvalue weighted by Crippen LogP contribution is 2.30. The van der Waals surface area contributed by atoms with E-state index in [0.29, 0.717) is 12.1 Å². The van der Waals surface area contributed by atoms with E-state index in [1.54, 1.807) is 6.20 Å². The summed E-state index contributed by atoms with van der Waals surface area (Å²) in [5.41, 5.74) is 5.95. The summed E-state index contributed by atoms with van der Waals surface area (Å²) in [7, 11) is 2.17. The zero-order valence-electron chi connectivity index (χ0n) is 9.15. The van der Waals surface area contributed by atoms with E-state index < -0.39 is 0 Å². The van der Waals surface area contributed by atoms with Crippen LogP contribution in [-0.4, -0.2) is 34.3 Å². The van der Waals surface area contributed by atoms with Crippen LogP contribution in [-0.2, 0) is 0 Å². The molecule has 0 spiro atoms. The topological polar surface area (TPSA) is 47.1 Å². The molecule has 1 aliphatic heterocycles. The van der Waals surface area contributed by atoms with Gasteiger partial charge in [-0.25, -0.2) is 4.68 Å². The first-order chi connectivity index (χ1) is 7.09. The summed E-state index contributed by atoms with van der Waals surface area (Å²) in [4.78, 5) is 2.38. The second kappa shape index (κ2) is 4.14. The molecule has 0 aliphatic carbocycles. The Kier molecular flexibility index (Phi) is 3.02. The van der Waals surface area contributed by atoms with E-state index in [2.05, 4.69) is 39.9 Å². The number of hydrogen-bond acceptors (Lipinski definition) is 3. The maximum Gasteiger partial charge on any atom is 0.136 e. The van der Waals surface area contributed by atoms with Gasteiger partial charge >= 0.3 is 0 Å². The van der Waals surface area contributed by atoms with Crippen LogP contribution in [0.15, 0.2) is 10.7 Å². The highest BCUT2D eigenvalue weighted by molar-refractivity contribution is 9.10. The molecule has 0 aromatic carbocycles. The van der Waals surface area contributed by atoms with Crippen LogP contribution in [0.4, 0.5) is 5.82 Å². The molecular weight excluding hydrogens is 256 g/mol. The minimum Gasteiger partial charge on any atom is -0.383 e. The molecule has 0 saturated carbocycles. The van der Waals surface area contributed by atoms with Gasteiger partial charge in [0.05, 0.1) is 16.7 Å². The van der Waals surface area contributed by atoms with Gasteiger partial charge in [0.2, 0.25) is 0 Å². The fraction of sp³-hybridized carbons (Fsp3) is 0.700. The summed E-state index contributed by atoms with van der Waals surface area (Å²) in [6.07, 6.45) is 4.02. The Morgan fingerprint density at radius 2 is 2.33 bits per heavy atom. The van der Waals surface area contributed by atoms with Crippen LogP contribution in [0.3, 0.4) is 0 Å². The number of piperidine rings is 1. The van der Waals surface area contributed by atoms with Crippen LogP contribution in [0.5, 0.6) is 0 Å². The number of nitrogen functional groups attached to an aromatic ring is 1. The van der Waals surface area contributed by atoms with Gasteiger partial charge in [-0.3, -0.25) is 0 Å². The molecule has 1 saturated heterocycles. The van der Waals surface area contributed by atoms with Gasteiger partial charge in [-0.05, 0) is 42.7 Å². The molecule has 1 aliphatic rings. The van der Waals surface area contributed by atoms with Crippen LogP contribution in [0.1, 0.15) is 25.8 Å². The van der Waals surface area contributed by atoms with Crippen molar-refractivity contribution in [1.82, 2.24) is 14.7 Å². The summed E-state index contributed by atoms with van der Waals surface area (Å²) >= 11 is 3.39. The van der Waals surface area contributed by atoms with Gasteiger partial charge in [0.25, 0.3) is 0 Å². The fourth-order valence-electron chi connectivity index (χ4n) is 2.13. The van der Waals surface area contributed by atoms with Crippen molar-refractivity contribution >= 4 is 21.7 Å². The lowest BCUT2D eigenvalue weighted by atomic mass is 9.99. The fourth-order valence-corrected chi connectivity index (χ4v) is 2.40. The Bertz CT molecular complexity index is 349. The van der Waals surface area contributed by atoms with Crippen LogP contribution >= 0.6 is 15.9 Å². The molecule has 2 unspecified atom stereocenters. The molecule has 5 heteroatoms. The Hall–Kier alpha value is -0.550. The van der Waals surface area contributed by atoms with Crippen molar-refractivity contribution in [2.24, 2.45) is 0 Å². The number of nitrogens with zero attached hydrogens (tertiary/aromatic N) is 3. The van der Waals surface area contributed by atoms with Crippen LogP contribution in [0, 0.1) is 0 Å². The van der Waals surface area contributed by atoms with Crippen LogP contribution < -0.4 is 5.73 Å². The van der Waals surface area contributed by atoms with Crippen molar-refractivity contribution in [2.45, 2.75) is 31.8 Å². The van der Waals surface area contributed by atoms with Crippen molar-refractivity contribution in [3.63, 3.8) is 0 Å². The highest BCUT2D eigenvalue weighted by Gasteiger charge is 2.25. The molecular formula is C10H17BrN4. The SMILES string of the molecule is CC1CC(n2ncc(Br)c2N)CCN1C. The maximum absolute atomic E-state index is 5.95. The number of aromatic nitrogens is 2. The third-order valence-electron chi connectivity index (χ3n) is 3.31. The Morgan fingerprint density at radius 1 is 1.60 bits per heavy atom. The van der Waals surface area contributed by atoms with Gasteiger partial charge in [-0.1, -0.05) is 0 Å². The molecule has 0 amide bonds. The highest BCUT2D eigenvalue weighted by atomic mass is 79.9. The number of anilines is 1. The molecule has 15 heavy (non-hydrogen) atoms. The van der Waals surface area contributed by atoms with Gasteiger partial charge in [-0.15, -0.1) is 0 Å². The molecule has 2 N–H and O–H groups in total.